The summed E-state index contributed by atoms with van der Waals surface area (Å²) in [5, 5.41) is 10.5. The summed E-state index contributed by atoms with van der Waals surface area (Å²) in [5.74, 6) is 0.368. The number of anilines is 1. The van der Waals surface area contributed by atoms with E-state index in [4.69, 9.17) is 4.74 Å². The predicted molar refractivity (Wildman–Crippen MR) is 113 cm³/mol. The number of ether oxygens (including phenoxy) is 1. The molecule has 0 atom stereocenters. The molecule has 1 spiro atoms. The Kier molecular flexibility index (Phi) is 5.31. The number of sulfonamides is 1. The van der Waals surface area contributed by atoms with E-state index in [9.17, 15) is 13.5 Å². The maximum Gasteiger partial charge on any atom is 0.240 e. The predicted octanol–water partition coefficient (Wildman–Crippen LogP) is 2.86. The third-order valence-corrected chi connectivity index (χ3v) is 7.63. The minimum atomic E-state index is -3.47. The topological polar surface area (TPSA) is 78.9 Å². The van der Waals surface area contributed by atoms with Crippen molar-refractivity contribution < 1.29 is 18.3 Å². The van der Waals surface area contributed by atoms with Gasteiger partial charge in [0.25, 0.3) is 0 Å². The highest BCUT2D eigenvalue weighted by molar-refractivity contribution is 7.89. The summed E-state index contributed by atoms with van der Waals surface area (Å²) >= 11 is 0. The molecule has 0 aromatic heterocycles. The quantitative estimate of drug-likeness (QED) is 0.708. The van der Waals surface area contributed by atoms with Gasteiger partial charge in [-0.3, -0.25) is 0 Å². The van der Waals surface area contributed by atoms with Gasteiger partial charge in [0.2, 0.25) is 10.0 Å². The highest BCUT2D eigenvalue weighted by Crippen LogP contribution is 2.49. The number of aromatic hydroxyl groups is 1. The molecule has 0 unspecified atom stereocenters. The normalized spacial score (nSPS) is 17.8. The summed E-state index contributed by atoms with van der Waals surface area (Å²) in [7, 11) is -3.47. The summed E-state index contributed by atoms with van der Waals surface area (Å²) in [6.07, 6.45) is 1.69. The smallest absolute Gasteiger partial charge is 0.240 e. The van der Waals surface area contributed by atoms with E-state index in [2.05, 4.69) is 15.7 Å². The van der Waals surface area contributed by atoms with Crippen molar-refractivity contribution in [2.24, 2.45) is 0 Å². The zero-order valence-electron chi connectivity index (χ0n) is 16.9. The number of nitrogens with zero attached hydrogens (tertiary/aromatic N) is 1. The van der Waals surface area contributed by atoms with Crippen LogP contribution in [-0.2, 0) is 20.2 Å². The molecule has 2 aromatic carbocycles. The molecule has 156 valence electrons. The molecule has 0 aliphatic carbocycles. The lowest BCUT2D eigenvalue weighted by Gasteiger charge is -2.50. The van der Waals surface area contributed by atoms with Crippen LogP contribution >= 0.6 is 0 Å². The van der Waals surface area contributed by atoms with Crippen LogP contribution in [-0.4, -0.2) is 46.4 Å². The number of hydrogen-bond donors (Lipinski definition) is 2. The Bertz CT molecular complexity index is 1000. The van der Waals surface area contributed by atoms with Gasteiger partial charge in [-0.2, -0.15) is 0 Å². The van der Waals surface area contributed by atoms with Crippen molar-refractivity contribution >= 4 is 15.7 Å². The zero-order valence-corrected chi connectivity index (χ0v) is 17.8. The first-order chi connectivity index (χ1) is 13.8. The van der Waals surface area contributed by atoms with Crippen molar-refractivity contribution in [3.05, 3.63) is 53.1 Å². The van der Waals surface area contributed by atoms with Crippen molar-refractivity contribution in [2.75, 3.05) is 37.7 Å². The van der Waals surface area contributed by atoms with E-state index in [-0.39, 0.29) is 10.3 Å². The molecule has 1 saturated heterocycles. The van der Waals surface area contributed by atoms with Gasteiger partial charge in [0.15, 0.2) is 0 Å². The number of benzene rings is 2. The van der Waals surface area contributed by atoms with Gasteiger partial charge in [0, 0.05) is 30.7 Å². The van der Waals surface area contributed by atoms with Crippen LogP contribution < -0.4 is 9.62 Å². The van der Waals surface area contributed by atoms with Crippen molar-refractivity contribution in [2.45, 2.75) is 37.0 Å². The molecule has 29 heavy (non-hydrogen) atoms. The number of phenolic OH excluding ortho intramolecular Hbond substituents is 1. The minimum Gasteiger partial charge on any atom is -0.507 e. The number of rotatable bonds is 6. The zero-order chi connectivity index (χ0) is 20.6. The highest BCUT2D eigenvalue weighted by atomic mass is 32.2. The lowest BCUT2D eigenvalue weighted by molar-refractivity contribution is -0.0654. The Morgan fingerprint density at radius 2 is 1.93 bits per heavy atom. The Morgan fingerprint density at radius 1 is 1.21 bits per heavy atom. The SMILES string of the molecule is Cc1cc2c(c(C)c1O)C1(CCN2CCCNS(=O)(=O)c2ccccc2)COC1. The van der Waals surface area contributed by atoms with Crippen LogP contribution in [0, 0.1) is 13.8 Å². The molecular weight excluding hydrogens is 388 g/mol. The van der Waals surface area contributed by atoms with Gasteiger partial charge >= 0.3 is 0 Å². The van der Waals surface area contributed by atoms with Gasteiger partial charge in [-0.25, -0.2) is 13.1 Å². The molecule has 0 radical (unpaired) electrons. The second-order valence-electron chi connectivity index (χ2n) is 8.14. The first-order valence-electron chi connectivity index (χ1n) is 10.1. The highest BCUT2D eigenvalue weighted by Gasteiger charge is 2.46. The Hall–Kier alpha value is -2.09. The van der Waals surface area contributed by atoms with Crippen LogP contribution in [0.3, 0.4) is 0 Å². The molecule has 2 aliphatic rings. The molecule has 0 amide bonds. The summed E-state index contributed by atoms with van der Waals surface area (Å²) in [6.45, 7) is 7.36. The lowest BCUT2D eigenvalue weighted by Crippen LogP contribution is -2.53. The summed E-state index contributed by atoms with van der Waals surface area (Å²) in [5.41, 5.74) is 4.17. The molecule has 2 aliphatic heterocycles. The van der Waals surface area contributed by atoms with E-state index in [1.807, 2.05) is 13.8 Å². The molecule has 2 N–H and O–H groups in total. The molecule has 2 heterocycles. The van der Waals surface area contributed by atoms with E-state index in [1.54, 1.807) is 30.3 Å². The van der Waals surface area contributed by atoms with Crippen LogP contribution in [0.15, 0.2) is 41.3 Å². The van der Waals surface area contributed by atoms with Gasteiger partial charge in [0.1, 0.15) is 5.75 Å². The summed E-state index contributed by atoms with van der Waals surface area (Å²) < 4.78 is 33.0. The first kappa shape index (κ1) is 20.2. The van der Waals surface area contributed by atoms with Crippen molar-refractivity contribution in [1.29, 1.82) is 0 Å². The maximum absolute atomic E-state index is 12.4. The fraction of sp³-hybridized carbons (Fsp3) is 0.455. The van der Waals surface area contributed by atoms with Gasteiger partial charge in [0.05, 0.1) is 18.1 Å². The van der Waals surface area contributed by atoms with E-state index in [0.29, 0.717) is 31.9 Å². The molecular formula is C22H28N2O4S. The van der Waals surface area contributed by atoms with E-state index in [0.717, 1.165) is 36.3 Å². The third kappa shape index (κ3) is 3.63. The summed E-state index contributed by atoms with van der Waals surface area (Å²) in [6, 6.07) is 10.5. The summed E-state index contributed by atoms with van der Waals surface area (Å²) in [4.78, 5) is 2.60. The monoisotopic (exact) mass is 416 g/mol. The molecule has 7 heteroatoms. The molecule has 2 aromatic rings. The number of phenols is 1. The molecule has 1 fully saturated rings. The lowest BCUT2D eigenvalue weighted by atomic mass is 9.70. The number of aryl methyl sites for hydroxylation is 1. The average Bonchev–Trinajstić information content (AvgIpc) is 2.69. The second-order valence-corrected chi connectivity index (χ2v) is 9.90. The van der Waals surface area contributed by atoms with E-state index < -0.39 is 10.0 Å². The average molecular weight is 417 g/mol. The van der Waals surface area contributed by atoms with Crippen LogP contribution in [0.4, 0.5) is 5.69 Å². The van der Waals surface area contributed by atoms with E-state index >= 15 is 0 Å². The van der Waals surface area contributed by atoms with Gasteiger partial charge in [-0.15, -0.1) is 0 Å². The minimum absolute atomic E-state index is 0.00992. The van der Waals surface area contributed by atoms with E-state index in [1.165, 1.54) is 5.56 Å². The molecule has 0 saturated carbocycles. The standard InChI is InChI=1S/C22H28N2O4S/c1-16-13-19-20(17(2)21(16)25)22(14-28-15-22)9-12-24(19)11-6-10-23-29(26,27)18-7-4-3-5-8-18/h3-5,7-8,13,23,25H,6,9-12,14-15H2,1-2H3. The largest absolute Gasteiger partial charge is 0.507 e. The number of fused-ring (bicyclic) bond motifs is 2. The fourth-order valence-corrected chi connectivity index (χ4v) is 5.59. The third-order valence-electron chi connectivity index (χ3n) is 6.15. The number of nitrogens with one attached hydrogen (secondary N) is 1. The molecule has 6 nitrogen and oxygen atoms in total. The Morgan fingerprint density at radius 3 is 2.59 bits per heavy atom. The van der Waals surface area contributed by atoms with Crippen molar-refractivity contribution in [3.8, 4) is 5.75 Å². The molecule has 0 bridgehead atoms. The Balaban J connectivity index is 1.46. The van der Waals surface area contributed by atoms with Crippen LogP contribution in [0.2, 0.25) is 0 Å². The van der Waals surface area contributed by atoms with Gasteiger partial charge in [-0.1, -0.05) is 18.2 Å². The maximum atomic E-state index is 12.4. The van der Waals surface area contributed by atoms with Gasteiger partial charge in [-0.05, 0) is 61.6 Å². The molecule has 4 rings (SSSR count). The first-order valence-corrected chi connectivity index (χ1v) is 11.5. The fourth-order valence-electron chi connectivity index (χ4n) is 4.49. The van der Waals surface area contributed by atoms with Crippen molar-refractivity contribution in [1.82, 2.24) is 4.72 Å². The van der Waals surface area contributed by atoms with Crippen LogP contribution in [0.1, 0.15) is 29.5 Å². The van der Waals surface area contributed by atoms with Gasteiger partial charge < -0.3 is 14.7 Å². The van der Waals surface area contributed by atoms with Crippen LogP contribution in [0.5, 0.6) is 5.75 Å². The number of hydrogen-bond acceptors (Lipinski definition) is 5. The second kappa shape index (κ2) is 7.63. The Labute approximate surface area is 172 Å². The van der Waals surface area contributed by atoms with Crippen LogP contribution in [0.25, 0.3) is 0 Å². The van der Waals surface area contributed by atoms with Crippen molar-refractivity contribution in [3.63, 3.8) is 0 Å².